The van der Waals surface area contributed by atoms with Gasteiger partial charge in [0.05, 0.1) is 11.5 Å². The molecule has 28 heavy (non-hydrogen) atoms. The van der Waals surface area contributed by atoms with Crippen molar-refractivity contribution in [2.24, 2.45) is 0 Å². The molecule has 0 radical (unpaired) electrons. The highest BCUT2D eigenvalue weighted by Gasteiger charge is 2.41. The van der Waals surface area contributed by atoms with Gasteiger partial charge >= 0.3 is 0 Å². The van der Waals surface area contributed by atoms with E-state index in [1.807, 2.05) is 36.4 Å². The fourth-order valence-corrected chi connectivity index (χ4v) is 3.90. The first-order valence-electron chi connectivity index (χ1n) is 9.68. The number of hydrogen-bond donors (Lipinski definition) is 2. The highest BCUT2D eigenvalue weighted by Crippen LogP contribution is 2.36. The number of aliphatic hydroxyl groups excluding tert-OH is 1. The Labute approximate surface area is 164 Å². The molecule has 2 aliphatic rings. The van der Waals surface area contributed by atoms with E-state index in [1.165, 1.54) is 0 Å². The highest BCUT2D eigenvalue weighted by molar-refractivity contribution is 5.88. The van der Waals surface area contributed by atoms with Gasteiger partial charge in [-0.2, -0.15) is 0 Å². The SMILES string of the molecule is O=C(NCCC(O)c1ccc2c(c1)OCO2)C1(c2ccccc2)CCOCC1. The van der Waals surface area contributed by atoms with Crippen molar-refractivity contribution in [2.75, 3.05) is 26.6 Å². The van der Waals surface area contributed by atoms with Crippen molar-refractivity contribution in [2.45, 2.75) is 30.8 Å². The fourth-order valence-electron chi connectivity index (χ4n) is 3.90. The van der Waals surface area contributed by atoms with Gasteiger partial charge in [-0.1, -0.05) is 36.4 Å². The van der Waals surface area contributed by atoms with Crippen molar-refractivity contribution in [1.82, 2.24) is 5.32 Å². The number of aliphatic hydroxyl groups is 1. The summed E-state index contributed by atoms with van der Waals surface area (Å²) in [4.78, 5) is 13.1. The van der Waals surface area contributed by atoms with E-state index in [0.29, 0.717) is 50.5 Å². The molecule has 2 heterocycles. The first-order chi connectivity index (χ1) is 13.7. The average molecular weight is 383 g/mol. The van der Waals surface area contributed by atoms with Crippen LogP contribution in [-0.2, 0) is 14.9 Å². The molecule has 148 valence electrons. The molecule has 0 aromatic heterocycles. The molecule has 2 aromatic carbocycles. The maximum absolute atomic E-state index is 13.1. The normalized spacial score (nSPS) is 18.5. The van der Waals surface area contributed by atoms with Gasteiger partial charge in [-0.15, -0.1) is 0 Å². The Kier molecular flexibility index (Phi) is 5.50. The molecule has 0 aliphatic carbocycles. The molecule has 0 bridgehead atoms. The van der Waals surface area contributed by atoms with Crippen LogP contribution in [0.15, 0.2) is 48.5 Å². The van der Waals surface area contributed by atoms with E-state index in [-0.39, 0.29) is 12.7 Å². The van der Waals surface area contributed by atoms with Crippen LogP contribution in [0.1, 0.15) is 36.5 Å². The monoisotopic (exact) mass is 383 g/mol. The van der Waals surface area contributed by atoms with Crippen LogP contribution in [0.2, 0.25) is 0 Å². The van der Waals surface area contributed by atoms with Crippen molar-refractivity contribution in [3.05, 3.63) is 59.7 Å². The van der Waals surface area contributed by atoms with Crippen molar-refractivity contribution >= 4 is 5.91 Å². The highest BCUT2D eigenvalue weighted by atomic mass is 16.7. The van der Waals surface area contributed by atoms with Crippen LogP contribution < -0.4 is 14.8 Å². The molecule has 2 aromatic rings. The van der Waals surface area contributed by atoms with E-state index in [4.69, 9.17) is 14.2 Å². The average Bonchev–Trinajstić information content (AvgIpc) is 3.22. The molecular formula is C22H25NO5. The number of rotatable bonds is 6. The predicted molar refractivity (Wildman–Crippen MR) is 103 cm³/mol. The van der Waals surface area contributed by atoms with Crippen LogP contribution >= 0.6 is 0 Å². The number of fused-ring (bicyclic) bond motifs is 1. The molecule has 1 atom stereocenters. The topological polar surface area (TPSA) is 77.0 Å². The van der Waals surface area contributed by atoms with Crippen LogP contribution in [0.4, 0.5) is 0 Å². The van der Waals surface area contributed by atoms with Gasteiger partial charge in [0.25, 0.3) is 0 Å². The summed E-state index contributed by atoms with van der Waals surface area (Å²) in [5, 5.41) is 13.5. The minimum atomic E-state index is -0.683. The first-order valence-corrected chi connectivity index (χ1v) is 9.68. The number of carbonyl (C=O) groups excluding carboxylic acids is 1. The van der Waals surface area contributed by atoms with Gasteiger partial charge in [0.15, 0.2) is 11.5 Å². The first kappa shape index (κ1) is 18.8. The maximum atomic E-state index is 13.1. The lowest BCUT2D eigenvalue weighted by Gasteiger charge is -2.36. The lowest BCUT2D eigenvalue weighted by atomic mass is 9.73. The molecule has 1 fully saturated rings. The van der Waals surface area contributed by atoms with Gasteiger partial charge in [-0.05, 0) is 42.5 Å². The summed E-state index contributed by atoms with van der Waals surface area (Å²) < 4.78 is 16.1. The summed E-state index contributed by atoms with van der Waals surface area (Å²) in [6.07, 6.45) is 1.06. The number of carbonyl (C=O) groups is 1. The summed E-state index contributed by atoms with van der Waals surface area (Å²) in [5.41, 5.74) is 1.21. The van der Waals surface area contributed by atoms with Crippen LogP contribution in [0.25, 0.3) is 0 Å². The van der Waals surface area contributed by atoms with E-state index in [2.05, 4.69) is 5.32 Å². The molecule has 4 rings (SSSR count). The second-order valence-corrected chi connectivity index (χ2v) is 7.23. The lowest BCUT2D eigenvalue weighted by molar-refractivity contribution is -0.130. The lowest BCUT2D eigenvalue weighted by Crippen LogP contribution is -2.48. The van der Waals surface area contributed by atoms with E-state index in [0.717, 1.165) is 11.1 Å². The predicted octanol–water partition coefficient (Wildman–Crippen LogP) is 2.70. The van der Waals surface area contributed by atoms with Crippen LogP contribution in [-0.4, -0.2) is 37.6 Å². The molecule has 1 saturated heterocycles. The molecule has 0 saturated carbocycles. The Morgan fingerprint density at radius 2 is 1.82 bits per heavy atom. The summed E-state index contributed by atoms with van der Waals surface area (Å²) in [5.74, 6) is 1.33. The Hall–Kier alpha value is -2.57. The second-order valence-electron chi connectivity index (χ2n) is 7.23. The molecule has 1 unspecified atom stereocenters. The molecule has 6 heteroatoms. The zero-order valence-corrected chi connectivity index (χ0v) is 15.7. The van der Waals surface area contributed by atoms with Gasteiger partial charge in [0, 0.05) is 19.8 Å². The van der Waals surface area contributed by atoms with Gasteiger partial charge in [0.1, 0.15) is 0 Å². The quantitative estimate of drug-likeness (QED) is 0.802. The summed E-state index contributed by atoms with van der Waals surface area (Å²) in [6, 6.07) is 15.3. The standard InChI is InChI=1S/C22H25NO5/c24-18(16-6-7-19-20(14-16)28-15-27-19)8-11-23-21(25)22(9-12-26-13-10-22)17-4-2-1-3-5-17/h1-7,14,18,24H,8-13,15H2,(H,23,25). The van der Waals surface area contributed by atoms with Gasteiger partial charge in [-0.25, -0.2) is 0 Å². The van der Waals surface area contributed by atoms with Crippen molar-refractivity contribution in [3.63, 3.8) is 0 Å². The zero-order chi connectivity index (χ0) is 19.4. The maximum Gasteiger partial charge on any atom is 0.231 e. The molecule has 2 aliphatic heterocycles. The zero-order valence-electron chi connectivity index (χ0n) is 15.7. The van der Waals surface area contributed by atoms with Crippen molar-refractivity contribution in [3.8, 4) is 11.5 Å². The van der Waals surface area contributed by atoms with Crippen LogP contribution in [0.3, 0.4) is 0 Å². The Bertz CT molecular complexity index is 817. The third-order valence-electron chi connectivity index (χ3n) is 5.59. The number of hydrogen-bond acceptors (Lipinski definition) is 5. The van der Waals surface area contributed by atoms with Crippen molar-refractivity contribution in [1.29, 1.82) is 0 Å². The van der Waals surface area contributed by atoms with Crippen LogP contribution in [0.5, 0.6) is 11.5 Å². The van der Waals surface area contributed by atoms with E-state index >= 15 is 0 Å². The van der Waals surface area contributed by atoms with E-state index < -0.39 is 11.5 Å². The fraction of sp³-hybridized carbons (Fsp3) is 0.409. The Morgan fingerprint density at radius 1 is 1.07 bits per heavy atom. The molecular weight excluding hydrogens is 358 g/mol. The second kappa shape index (κ2) is 8.20. The van der Waals surface area contributed by atoms with E-state index in [1.54, 1.807) is 12.1 Å². The molecule has 6 nitrogen and oxygen atoms in total. The van der Waals surface area contributed by atoms with Crippen LogP contribution in [0, 0.1) is 0 Å². The van der Waals surface area contributed by atoms with E-state index in [9.17, 15) is 9.90 Å². The molecule has 0 spiro atoms. The van der Waals surface area contributed by atoms with Crippen molar-refractivity contribution < 1.29 is 24.1 Å². The molecule has 2 N–H and O–H groups in total. The summed E-state index contributed by atoms with van der Waals surface area (Å²) in [6.45, 7) is 1.74. The van der Waals surface area contributed by atoms with Gasteiger partial charge in [-0.3, -0.25) is 4.79 Å². The third-order valence-corrected chi connectivity index (χ3v) is 5.59. The number of ether oxygens (including phenoxy) is 3. The minimum absolute atomic E-state index is 0.000105. The number of nitrogens with one attached hydrogen (secondary N) is 1. The Balaban J connectivity index is 1.38. The third kappa shape index (κ3) is 3.70. The van der Waals surface area contributed by atoms with Gasteiger partial charge < -0.3 is 24.6 Å². The number of amides is 1. The Morgan fingerprint density at radius 3 is 2.61 bits per heavy atom. The summed E-state index contributed by atoms with van der Waals surface area (Å²) >= 11 is 0. The number of benzene rings is 2. The smallest absolute Gasteiger partial charge is 0.231 e. The van der Waals surface area contributed by atoms with Gasteiger partial charge in [0.2, 0.25) is 12.7 Å². The summed E-state index contributed by atoms with van der Waals surface area (Å²) in [7, 11) is 0. The minimum Gasteiger partial charge on any atom is -0.454 e. The molecule has 1 amide bonds. The largest absolute Gasteiger partial charge is 0.454 e.